The Morgan fingerprint density at radius 3 is 1.65 bits per heavy atom. The van der Waals surface area contributed by atoms with E-state index < -0.39 is 0 Å². The van der Waals surface area contributed by atoms with E-state index in [0.717, 1.165) is 5.92 Å². The molecule has 0 heteroatoms. The van der Waals surface area contributed by atoms with E-state index in [0.29, 0.717) is 0 Å². The van der Waals surface area contributed by atoms with Gasteiger partial charge in [-0.25, -0.2) is 0 Å². The van der Waals surface area contributed by atoms with Crippen molar-refractivity contribution in [1.82, 2.24) is 0 Å². The molecular formula is C17H30. The molecule has 0 heterocycles. The van der Waals surface area contributed by atoms with E-state index in [1.165, 1.54) is 31.2 Å². The first-order valence-corrected chi connectivity index (χ1v) is 6.93. The molecule has 1 rings (SSSR count). The van der Waals surface area contributed by atoms with Crippen LogP contribution < -0.4 is 0 Å². The Morgan fingerprint density at radius 2 is 1.29 bits per heavy atom. The van der Waals surface area contributed by atoms with E-state index in [4.69, 9.17) is 0 Å². The second-order valence-corrected chi connectivity index (χ2v) is 3.68. The van der Waals surface area contributed by atoms with Crippen LogP contribution in [-0.2, 0) is 0 Å². The third-order valence-corrected chi connectivity index (χ3v) is 2.55. The van der Waals surface area contributed by atoms with Gasteiger partial charge in [0.2, 0.25) is 0 Å². The van der Waals surface area contributed by atoms with Crippen molar-refractivity contribution in [2.24, 2.45) is 0 Å². The van der Waals surface area contributed by atoms with Crippen LogP contribution >= 0.6 is 0 Å². The molecule has 0 nitrogen and oxygen atoms in total. The second-order valence-electron chi connectivity index (χ2n) is 3.68. The third kappa shape index (κ3) is 8.74. The second kappa shape index (κ2) is 15.0. The summed E-state index contributed by atoms with van der Waals surface area (Å²) in [6.45, 7) is 14.5. The maximum atomic E-state index is 3.00. The molecule has 0 spiro atoms. The van der Waals surface area contributed by atoms with Gasteiger partial charge in [0.05, 0.1) is 0 Å². The number of hydrogen-bond acceptors (Lipinski definition) is 0. The summed E-state index contributed by atoms with van der Waals surface area (Å²) in [5.41, 5.74) is 1.52. The normalized spacial score (nSPS) is 8.76. The maximum absolute atomic E-state index is 3.00. The average Bonchev–Trinajstić information content (AvgIpc) is 2.44. The van der Waals surface area contributed by atoms with Crippen LogP contribution in [0, 0.1) is 0 Å². The predicted molar refractivity (Wildman–Crippen MR) is 81.6 cm³/mol. The zero-order chi connectivity index (χ0) is 13.5. The fourth-order valence-corrected chi connectivity index (χ4v) is 1.90. The van der Waals surface area contributed by atoms with Crippen molar-refractivity contribution in [2.75, 3.05) is 0 Å². The van der Waals surface area contributed by atoms with E-state index in [-0.39, 0.29) is 0 Å². The lowest BCUT2D eigenvalue weighted by Gasteiger charge is -2.15. The summed E-state index contributed by atoms with van der Waals surface area (Å²) in [6.07, 6.45) is 5.24. The molecule has 1 aromatic carbocycles. The summed E-state index contributed by atoms with van der Waals surface area (Å²) in [4.78, 5) is 0. The van der Waals surface area contributed by atoms with Crippen LogP contribution in [0.3, 0.4) is 0 Å². The fraction of sp³-hybridized carbons (Fsp3) is 0.529. The van der Waals surface area contributed by atoms with Crippen LogP contribution in [-0.4, -0.2) is 0 Å². The average molecular weight is 234 g/mol. The molecule has 0 aliphatic heterocycles. The number of hydrogen-bond donors (Lipinski definition) is 0. The van der Waals surface area contributed by atoms with Gasteiger partial charge in [-0.1, -0.05) is 70.9 Å². The van der Waals surface area contributed by atoms with Crippen molar-refractivity contribution in [3.63, 3.8) is 0 Å². The molecule has 0 aromatic heterocycles. The van der Waals surface area contributed by atoms with Gasteiger partial charge >= 0.3 is 0 Å². The smallest absolute Gasteiger partial charge is 0.0162 e. The highest BCUT2D eigenvalue weighted by molar-refractivity contribution is 5.19. The molecular weight excluding hydrogens is 204 g/mol. The monoisotopic (exact) mass is 234 g/mol. The Balaban J connectivity index is 0. The summed E-state index contributed by atoms with van der Waals surface area (Å²) in [5, 5.41) is 0. The molecule has 0 saturated carbocycles. The molecule has 0 aliphatic carbocycles. The summed E-state index contributed by atoms with van der Waals surface area (Å²) in [5.74, 6) is 0.788. The lowest BCUT2D eigenvalue weighted by molar-refractivity contribution is 0.561. The summed E-state index contributed by atoms with van der Waals surface area (Å²) in [7, 11) is 0. The van der Waals surface area contributed by atoms with E-state index in [1.807, 2.05) is 13.8 Å². The highest BCUT2D eigenvalue weighted by atomic mass is 14.1. The van der Waals surface area contributed by atoms with Crippen LogP contribution in [0.5, 0.6) is 0 Å². The lowest BCUT2D eigenvalue weighted by atomic mass is 9.91. The minimum Gasteiger partial charge on any atom is -0.106 e. The summed E-state index contributed by atoms with van der Waals surface area (Å²) in [6, 6.07) is 10.9. The first kappa shape index (κ1) is 18.3. The van der Waals surface area contributed by atoms with Crippen molar-refractivity contribution < 1.29 is 0 Å². The van der Waals surface area contributed by atoms with Gasteiger partial charge in [0.15, 0.2) is 0 Å². The van der Waals surface area contributed by atoms with Crippen LogP contribution in [0.25, 0.3) is 0 Å². The van der Waals surface area contributed by atoms with Crippen molar-refractivity contribution >= 4 is 0 Å². The number of benzene rings is 1. The molecule has 98 valence electrons. The van der Waals surface area contributed by atoms with Gasteiger partial charge in [-0.3, -0.25) is 0 Å². The highest BCUT2D eigenvalue weighted by Crippen LogP contribution is 2.25. The van der Waals surface area contributed by atoms with E-state index in [1.54, 1.807) is 0 Å². The van der Waals surface area contributed by atoms with Crippen LogP contribution in [0.4, 0.5) is 0 Å². The van der Waals surface area contributed by atoms with Gasteiger partial charge in [-0.05, 0) is 24.3 Å². The first-order valence-electron chi connectivity index (χ1n) is 6.93. The Bertz CT molecular complexity index is 219. The Morgan fingerprint density at radius 1 is 0.882 bits per heavy atom. The summed E-state index contributed by atoms with van der Waals surface area (Å²) >= 11 is 0. The maximum Gasteiger partial charge on any atom is -0.0162 e. The van der Waals surface area contributed by atoms with Gasteiger partial charge in [0.1, 0.15) is 0 Å². The molecule has 0 fully saturated rings. The lowest BCUT2D eigenvalue weighted by Crippen LogP contribution is -1.97. The molecule has 0 bridgehead atoms. The Hall–Kier alpha value is -1.04. The molecule has 0 amide bonds. The first-order chi connectivity index (χ1) is 8.38. The number of rotatable bonds is 5. The van der Waals surface area contributed by atoms with Gasteiger partial charge in [-0.15, -0.1) is 13.2 Å². The Kier molecular flexibility index (Phi) is 16.1. The van der Waals surface area contributed by atoms with E-state index >= 15 is 0 Å². The van der Waals surface area contributed by atoms with Crippen molar-refractivity contribution in [3.8, 4) is 0 Å². The predicted octanol–water partition coefficient (Wildman–Crippen LogP) is 6.20. The van der Waals surface area contributed by atoms with Gasteiger partial charge in [0, 0.05) is 0 Å². The standard InChI is InChI=1S/C13H20.C2H6.C2H4/c1-3-8-12(9-4-2)13-10-6-5-7-11-13;2*1-2/h5-7,10-12H,3-4,8-9H2,1-2H3;1-2H3;1-2H2. The molecule has 0 aliphatic rings. The van der Waals surface area contributed by atoms with Gasteiger partial charge in [-0.2, -0.15) is 0 Å². The topological polar surface area (TPSA) is 0 Å². The third-order valence-electron chi connectivity index (χ3n) is 2.55. The fourth-order valence-electron chi connectivity index (χ4n) is 1.90. The minimum atomic E-state index is 0.788. The largest absolute Gasteiger partial charge is 0.106 e. The van der Waals surface area contributed by atoms with Crippen molar-refractivity contribution in [3.05, 3.63) is 49.1 Å². The molecule has 17 heavy (non-hydrogen) atoms. The van der Waals surface area contributed by atoms with Crippen LogP contribution in [0.1, 0.15) is 64.9 Å². The molecule has 0 unspecified atom stereocenters. The van der Waals surface area contributed by atoms with Crippen molar-refractivity contribution in [1.29, 1.82) is 0 Å². The van der Waals surface area contributed by atoms with Crippen molar-refractivity contribution in [2.45, 2.75) is 59.3 Å². The Labute approximate surface area is 109 Å². The summed E-state index contributed by atoms with van der Waals surface area (Å²) < 4.78 is 0. The molecule has 1 aromatic rings. The molecule has 0 radical (unpaired) electrons. The molecule has 0 saturated heterocycles. The van der Waals surface area contributed by atoms with E-state index in [9.17, 15) is 0 Å². The SMILES string of the molecule is C=C.CC.CCCC(CCC)c1ccccc1. The molecule has 0 atom stereocenters. The van der Waals surface area contributed by atoms with Gasteiger partial charge < -0.3 is 0 Å². The molecule has 0 N–H and O–H groups in total. The van der Waals surface area contributed by atoms with Crippen LogP contribution in [0.2, 0.25) is 0 Å². The zero-order valence-electron chi connectivity index (χ0n) is 12.2. The highest BCUT2D eigenvalue weighted by Gasteiger charge is 2.07. The minimum absolute atomic E-state index is 0.788. The van der Waals surface area contributed by atoms with E-state index in [2.05, 4.69) is 57.3 Å². The zero-order valence-corrected chi connectivity index (χ0v) is 12.2. The quantitative estimate of drug-likeness (QED) is 0.532. The van der Waals surface area contributed by atoms with Crippen LogP contribution in [0.15, 0.2) is 43.5 Å². The van der Waals surface area contributed by atoms with Gasteiger partial charge in [0.25, 0.3) is 0 Å².